The molecule has 24 heavy (non-hydrogen) atoms. The minimum Gasteiger partial charge on any atom is -0.496 e. The Labute approximate surface area is 154 Å². The van der Waals surface area contributed by atoms with E-state index >= 15 is 0 Å². The number of benzene rings is 1. The summed E-state index contributed by atoms with van der Waals surface area (Å²) in [5.41, 5.74) is 1.33. The molecule has 1 N–H and O–H groups in total. The van der Waals surface area contributed by atoms with Crippen molar-refractivity contribution in [3.8, 4) is 5.75 Å². The number of carbonyl (C=O) groups excluding carboxylic acids is 1. The number of aromatic nitrogens is 2. The van der Waals surface area contributed by atoms with E-state index in [1.165, 1.54) is 0 Å². The molecule has 1 atom stereocenters. The summed E-state index contributed by atoms with van der Waals surface area (Å²) in [7, 11) is 1.56. The van der Waals surface area contributed by atoms with Crippen LogP contribution in [-0.2, 0) is 11.3 Å². The number of hydrogen-bond acceptors (Lipinski definition) is 4. The molecule has 1 amide bonds. The second-order valence-electron chi connectivity index (χ2n) is 5.61. The van der Waals surface area contributed by atoms with Gasteiger partial charge in [-0.3, -0.25) is 4.79 Å². The summed E-state index contributed by atoms with van der Waals surface area (Å²) in [5.74, 6) is 0.386. The highest BCUT2D eigenvalue weighted by Crippen LogP contribution is 2.24. The van der Waals surface area contributed by atoms with Gasteiger partial charge in [-0.05, 0) is 60.1 Å². The van der Waals surface area contributed by atoms with Crippen LogP contribution in [-0.4, -0.2) is 29.4 Å². The van der Waals surface area contributed by atoms with E-state index in [2.05, 4.69) is 33.0 Å². The average molecular weight is 441 g/mol. The van der Waals surface area contributed by atoms with Gasteiger partial charge in [-0.25, -0.2) is 4.68 Å². The first-order valence-electron chi connectivity index (χ1n) is 7.96. The number of ether oxygens (including phenoxy) is 2. The molecule has 2 aromatic rings. The van der Waals surface area contributed by atoms with Crippen LogP contribution in [0.3, 0.4) is 0 Å². The van der Waals surface area contributed by atoms with Crippen LogP contribution >= 0.6 is 22.6 Å². The van der Waals surface area contributed by atoms with Crippen LogP contribution in [0.25, 0.3) is 0 Å². The Hall–Kier alpha value is -1.61. The molecule has 6 nitrogen and oxygen atoms in total. The van der Waals surface area contributed by atoms with Crippen molar-refractivity contribution in [1.82, 2.24) is 15.1 Å². The Morgan fingerprint density at radius 3 is 3.04 bits per heavy atom. The number of hydrogen-bond donors (Lipinski definition) is 1. The molecular formula is C17H20IN3O3. The second-order valence-corrected chi connectivity index (χ2v) is 6.71. The SMILES string of the molecule is COc1ccccc1C(=O)NCc1cc(I)n(C2CCCCO2)n1. The van der Waals surface area contributed by atoms with Crippen molar-refractivity contribution in [3.05, 3.63) is 45.3 Å². The monoisotopic (exact) mass is 441 g/mol. The van der Waals surface area contributed by atoms with Gasteiger partial charge in [0.05, 0.1) is 24.9 Å². The highest BCUT2D eigenvalue weighted by Gasteiger charge is 2.20. The molecule has 1 unspecified atom stereocenters. The van der Waals surface area contributed by atoms with Crippen LogP contribution in [0.4, 0.5) is 0 Å². The molecule has 1 saturated heterocycles. The smallest absolute Gasteiger partial charge is 0.255 e. The van der Waals surface area contributed by atoms with E-state index in [0.717, 1.165) is 35.3 Å². The summed E-state index contributed by atoms with van der Waals surface area (Å²) in [6.07, 6.45) is 3.24. The molecule has 0 saturated carbocycles. The van der Waals surface area contributed by atoms with Crippen molar-refractivity contribution >= 4 is 28.5 Å². The Kier molecular flexibility index (Phi) is 5.72. The molecule has 0 aliphatic carbocycles. The number of amides is 1. The van der Waals surface area contributed by atoms with Gasteiger partial charge >= 0.3 is 0 Å². The lowest BCUT2D eigenvalue weighted by atomic mass is 10.2. The summed E-state index contributed by atoms with van der Waals surface area (Å²) in [5, 5.41) is 7.47. The van der Waals surface area contributed by atoms with Gasteiger partial charge in [-0.1, -0.05) is 12.1 Å². The lowest BCUT2D eigenvalue weighted by Gasteiger charge is -2.23. The van der Waals surface area contributed by atoms with Gasteiger partial charge in [0.2, 0.25) is 0 Å². The topological polar surface area (TPSA) is 65.4 Å². The number of para-hydroxylation sites is 1. The summed E-state index contributed by atoms with van der Waals surface area (Å²) < 4.78 is 13.9. The summed E-state index contributed by atoms with van der Waals surface area (Å²) in [6, 6.07) is 9.14. The summed E-state index contributed by atoms with van der Waals surface area (Å²) in [4.78, 5) is 12.3. The van der Waals surface area contributed by atoms with E-state index < -0.39 is 0 Å². The number of nitrogens with zero attached hydrogens (tertiary/aromatic N) is 2. The Morgan fingerprint density at radius 2 is 2.29 bits per heavy atom. The van der Waals surface area contributed by atoms with Crippen molar-refractivity contribution in [3.63, 3.8) is 0 Å². The van der Waals surface area contributed by atoms with Crippen molar-refractivity contribution in [2.24, 2.45) is 0 Å². The fraction of sp³-hybridized carbons (Fsp3) is 0.412. The molecule has 3 rings (SSSR count). The molecule has 1 aliphatic rings. The first-order chi connectivity index (χ1) is 11.7. The molecular weight excluding hydrogens is 421 g/mol. The van der Waals surface area contributed by atoms with E-state index in [1.807, 2.05) is 22.9 Å². The highest BCUT2D eigenvalue weighted by atomic mass is 127. The highest BCUT2D eigenvalue weighted by molar-refractivity contribution is 14.1. The maximum Gasteiger partial charge on any atom is 0.255 e. The molecule has 1 fully saturated rings. The van der Waals surface area contributed by atoms with E-state index in [0.29, 0.717) is 17.9 Å². The van der Waals surface area contributed by atoms with Gasteiger partial charge in [-0.2, -0.15) is 5.10 Å². The van der Waals surface area contributed by atoms with Gasteiger partial charge in [0.25, 0.3) is 5.91 Å². The maximum absolute atomic E-state index is 12.3. The van der Waals surface area contributed by atoms with Gasteiger partial charge < -0.3 is 14.8 Å². The van der Waals surface area contributed by atoms with Gasteiger partial charge in [0.15, 0.2) is 6.23 Å². The van der Waals surface area contributed by atoms with Crippen molar-refractivity contribution in [2.45, 2.75) is 32.0 Å². The van der Waals surface area contributed by atoms with E-state index in [1.54, 1.807) is 19.2 Å². The predicted octanol–water partition coefficient (Wildman–Crippen LogP) is 3.13. The van der Waals surface area contributed by atoms with E-state index in [-0.39, 0.29) is 12.1 Å². The van der Waals surface area contributed by atoms with Crippen molar-refractivity contribution in [2.75, 3.05) is 13.7 Å². The Bertz CT molecular complexity index is 711. The Morgan fingerprint density at radius 1 is 1.46 bits per heavy atom. The molecule has 1 aliphatic heterocycles. The third-order valence-electron chi connectivity index (χ3n) is 3.95. The van der Waals surface area contributed by atoms with Crippen LogP contribution in [0, 0.1) is 3.70 Å². The van der Waals surface area contributed by atoms with Crippen LogP contribution in [0.15, 0.2) is 30.3 Å². The lowest BCUT2D eigenvalue weighted by molar-refractivity contribution is -0.0412. The fourth-order valence-electron chi connectivity index (χ4n) is 2.72. The normalized spacial score (nSPS) is 17.5. The third-order valence-corrected chi connectivity index (χ3v) is 4.76. The minimum atomic E-state index is -0.175. The fourth-order valence-corrected chi connectivity index (χ4v) is 3.50. The summed E-state index contributed by atoms with van der Waals surface area (Å²) >= 11 is 2.25. The second kappa shape index (κ2) is 7.98. The molecule has 0 radical (unpaired) electrons. The van der Waals surface area contributed by atoms with E-state index in [9.17, 15) is 4.79 Å². The van der Waals surface area contributed by atoms with Crippen LogP contribution < -0.4 is 10.1 Å². The zero-order valence-electron chi connectivity index (χ0n) is 13.5. The van der Waals surface area contributed by atoms with Gasteiger partial charge in [0.1, 0.15) is 9.45 Å². The molecule has 2 heterocycles. The molecule has 0 bridgehead atoms. The average Bonchev–Trinajstić information content (AvgIpc) is 3.01. The predicted molar refractivity (Wildman–Crippen MR) is 97.9 cm³/mol. The number of carbonyl (C=O) groups is 1. The number of halogens is 1. The first-order valence-corrected chi connectivity index (χ1v) is 9.03. The standard InChI is InChI=1S/C17H20IN3O3/c1-23-14-7-3-2-6-13(14)17(22)19-11-12-10-15(18)21(20-12)16-8-4-5-9-24-16/h2-3,6-7,10,16H,4-5,8-9,11H2,1H3,(H,19,22). The maximum atomic E-state index is 12.3. The van der Waals surface area contributed by atoms with Gasteiger partial charge in [-0.15, -0.1) is 0 Å². The number of methoxy groups -OCH3 is 1. The molecule has 1 aromatic carbocycles. The quantitative estimate of drug-likeness (QED) is 0.725. The number of rotatable bonds is 5. The lowest BCUT2D eigenvalue weighted by Crippen LogP contribution is -2.24. The van der Waals surface area contributed by atoms with Crippen LogP contribution in [0.2, 0.25) is 0 Å². The minimum absolute atomic E-state index is 0.00400. The van der Waals surface area contributed by atoms with Crippen molar-refractivity contribution < 1.29 is 14.3 Å². The first kappa shape index (κ1) is 17.2. The molecule has 0 spiro atoms. The largest absolute Gasteiger partial charge is 0.496 e. The zero-order chi connectivity index (χ0) is 16.9. The molecule has 1 aromatic heterocycles. The van der Waals surface area contributed by atoms with Crippen LogP contribution in [0.5, 0.6) is 5.75 Å². The Balaban J connectivity index is 1.65. The third kappa shape index (κ3) is 3.89. The molecule has 7 heteroatoms. The van der Waals surface area contributed by atoms with Crippen molar-refractivity contribution in [1.29, 1.82) is 0 Å². The summed E-state index contributed by atoms with van der Waals surface area (Å²) in [6.45, 7) is 1.15. The van der Waals surface area contributed by atoms with Crippen LogP contribution in [0.1, 0.15) is 41.5 Å². The molecule has 128 valence electrons. The van der Waals surface area contributed by atoms with Gasteiger partial charge in [0, 0.05) is 6.61 Å². The van der Waals surface area contributed by atoms with E-state index in [4.69, 9.17) is 9.47 Å². The number of nitrogens with one attached hydrogen (secondary N) is 1. The zero-order valence-corrected chi connectivity index (χ0v) is 15.7.